The molecule has 0 aromatic heterocycles. The molecule has 1 fully saturated rings. The number of hydrogen-bond donors (Lipinski definition) is 0. The number of likely N-dealkylation sites (tertiary alicyclic amines) is 1. The predicted molar refractivity (Wildman–Crippen MR) is 73.5 cm³/mol. The van der Waals surface area contributed by atoms with Gasteiger partial charge in [0.1, 0.15) is 0 Å². The van der Waals surface area contributed by atoms with E-state index in [2.05, 4.69) is 15.9 Å². The second-order valence-electron chi connectivity index (χ2n) is 4.34. The summed E-state index contributed by atoms with van der Waals surface area (Å²) in [7, 11) is 0. The monoisotopic (exact) mass is 315 g/mol. The van der Waals surface area contributed by atoms with E-state index in [9.17, 15) is 4.79 Å². The molecular formula is C13H15BrClNO. The maximum absolute atomic E-state index is 12.3. The number of rotatable bonds is 1. The van der Waals surface area contributed by atoms with Crippen molar-refractivity contribution in [3.63, 3.8) is 0 Å². The number of nitrogens with zero attached hydrogens (tertiary/aromatic N) is 1. The molecule has 0 bridgehead atoms. The Bertz CT molecular complexity index is 414. The number of carbonyl (C=O) groups excluding carboxylic acids is 1. The third-order valence-corrected chi connectivity index (χ3v) is 4.29. The molecule has 0 spiro atoms. The molecule has 1 aliphatic heterocycles. The Morgan fingerprint density at radius 3 is 2.41 bits per heavy atom. The number of benzene rings is 1. The molecule has 17 heavy (non-hydrogen) atoms. The summed E-state index contributed by atoms with van der Waals surface area (Å²) in [6, 6.07) is 5.38. The lowest BCUT2D eigenvalue weighted by Gasteiger charge is -2.20. The van der Waals surface area contributed by atoms with Crippen LogP contribution in [0.1, 0.15) is 36.0 Å². The highest BCUT2D eigenvalue weighted by atomic mass is 79.9. The van der Waals surface area contributed by atoms with Crippen molar-refractivity contribution < 1.29 is 4.79 Å². The van der Waals surface area contributed by atoms with Crippen LogP contribution in [0.2, 0.25) is 5.02 Å². The van der Waals surface area contributed by atoms with Crippen LogP contribution in [0.4, 0.5) is 0 Å². The molecule has 1 aromatic rings. The zero-order valence-corrected chi connectivity index (χ0v) is 11.9. The molecule has 0 aliphatic carbocycles. The van der Waals surface area contributed by atoms with Gasteiger partial charge in [-0.1, -0.05) is 24.4 Å². The van der Waals surface area contributed by atoms with Crippen LogP contribution < -0.4 is 0 Å². The van der Waals surface area contributed by atoms with E-state index < -0.39 is 0 Å². The molecule has 1 amide bonds. The molecule has 1 saturated heterocycles. The van der Waals surface area contributed by atoms with Crippen molar-refractivity contribution in [2.24, 2.45) is 0 Å². The summed E-state index contributed by atoms with van der Waals surface area (Å²) in [5, 5.41) is 0.589. The average Bonchev–Trinajstić information content (AvgIpc) is 2.60. The summed E-state index contributed by atoms with van der Waals surface area (Å²) in [4.78, 5) is 14.2. The van der Waals surface area contributed by atoms with Gasteiger partial charge in [0.15, 0.2) is 0 Å². The maximum Gasteiger partial charge on any atom is 0.253 e. The van der Waals surface area contributed by atoms with Crippen LogP contribution in [0.25, 0.3) is 0 Å². The first-order valence-electron chi connectivity index (χ1n) is 5.93. The SMILES string of the molecule is O=C(c1ccc(Br)c(Cl)c1)N1CCCCCC1. The van der Waals surface area contributed by atoms with Gasteiger partial charge in [-0.25, -0.2) is 0 Å². The van der Waals surface area contributed by atoms with Gasteiger partial charge >= 0.3 is 0 Å². The van der Waals surface area contributed by atoms with E-state index in [1.54, 1.807) is 6.07 Å². The second kappa shape index (κ2) is 5.87. The Morgan fingerprint density at radius 1 is 1.18 bits per heavy atom. The van der Waals surface area contributed by atoms with Gasteiger partial charge < -0.3 is 4.90 Å². The highest BCUT2D eigenvalue weighted by Gasteiger charge is 2.17. The maximum atomic E-state index is 12.3. The topological polar surface area (TPSA) is 20.3 Å². The average molecular weight is 317 g/mol. The van der Waals surface area contributed by atoms with Gasteiger partial charge in [-0.3, -0.25) is 4.79 Å². The fourth-order valence-electron chi connectivity index (χ4n) is 2.09. The summed E-state index contributed by atoms with van der Waals surface area (Å²) >= 11 is 9.34. The standard InChI is InChI=1S/C13H15BrClNO/c14-11-6-5-10(9-12(11)15)13(17)16-7-3-1-2-4-8-16/h5-6,9H,1-4,7-8H2. The predicted octanol–water partition coefficient (Wildman–Crippen LogP) is 4.12. The summed E-state index contributed by atoms with van der Waals surface area (Å²) in [5.74, 6) is 0.0984. The van der Waals surface area contributed by atoms with Crippen LogP contribution in [0.15, 0.2) is 22.7 Å². The van der Waals surface area contributed by atoms with Crippen LogP contribution in [0, 0.1) is 0 Å². The number of hydrogen-bond acceptors (Lipinski definition) is 1. The lowest BCUT2D eigenvalue weighted by Crippen LogP contribution is -2.31. The first-order valence-corrected chi connectivity index (χ1v) is 7.10. The number of amides is 1. The quantitative estimate of drug-likeness (QED) is 0.763. The summed E-state index contributed by atoms with van der Waals surface area (Å²) in [6.45, 7) is 1.74. The smallest absolute Gasteiger partial charge is 0.253 e. The third-order valence-electron chi connectivity index (χ3n) is 3.06. The first kappa shape index (κ1) is 12.9. The van der Waals surface area contributed by atoms with E-state index in [4.69, 9.17) is 11.6 Å². The van der Waals surface area contributed by atoms with Crippen molar-refractivity contribution in [3.8, 4) is 0 Å². The Balaban J connectivity index is 2.14. The lowest BCUT2D eigenvalue weighted by molar-refractivity contribution is 0.0761. The minimum atomic E-state index is 0.0984. The van der Waals surface area contributed by atoms with Gasteiger partial charge in [-0.2, -0.15) is 0 Å². The minimum absolute atomic E-state index is 0.0984. The van der Waals surface area contributed by atoms with Crippen molar-refractivity contribution in [2.75, 3.05) is 13.1 Å². The van der Waals surface area contributed by atoms with Gasteiger partial charge in [0.05, 0.1) is 5.02 Å². The van der Waals surface area contributed by atoms with Crippen LogP contribution in [0.5, 0.6) is 0 Å². The Kier molecular flexibility index (Phi) is 4.46. The zero-order chi connectivity index (χ0) is 12.3. The van der Waals surface area contributed by atoms with Gasteiger partial charge in [-0.15, -0.1) is 0 Å². The molecule has 1 heterocycles. The lowest BCUT2D eigenvalue weighted by atomic mass is 10.2. The third kappa shape index (κ3) is 3.23. The molecule has 1 aromatic carbocycles. The number of carbonyl (C=O) groups is 1. The van der Waals surface area contributed by atoms with Gasteiger partial charge in [0.25, 0.3) is 5.91 Å². The minimum Gasteiger partial charge on any atom is -0.339 e. The normalized spacial score (nSPS) is 16.7. The van der Waals surface area contributed by atoms with E-state index in [0.29, 0.717) is 10.6 Å². The van der Waals surface area contributed by atoms with Gasteiger partial charge in [0.2, 0.25) is 0 Å². The number of halogens is 2. The van der Waals surface area contributed by atoms with Gasteiger partial charge in [0, 0.05) is 23.1 Å². The molecule has 1 aliphatic rings. The van der Waals surface area contributed by atoms with E-state index >= 15 is 0 Å². The highest BCUT2D eigenvalue weighted by Crippen LogP contribution is 2.24. The molecule has 92 valence electrons. The van der Waals surface area contributed by atoms with Crippen molar-refractivity contribution in [2.45, 2.75) is 25.7 Å². The second-order valence-corrected chi connectivity index (χ2v) is 5.60. The fraction of sp³-hybridized carbons (Fsp3) is 0.462. The van der Waals surface area contributed by atoms with Crippen molar-refractivity contribution in [3.05, 3.63) is 33.3 Å². The van der Waals surface area contributed by atoms with Crippen molar-refractivity contribution >= 4 is 33.4 Å². The van der Waals surface area contributed by atoms with Gasteiger partial charge in [-0.05, 0) is 47.0 Å². The molecule has 0 N–H and O–H groups in total. The van der Waals surface area contributed by atoms with Crippen LogP contribution in [-0.2, 0) is 0 Å². The summed E-state index contributed by atoms with van der Waals surface area (Å²) in [6.07, 6.45) is 4.67. The van der Waals surface area contributed by atoms with Crippen LogP contribution >= 0.6 is 27.5 Å². The molecular weight excluding hydrogens is 302 g/mol. The van der Waals surface area contributed by atoms with Crippen LogP contribution in [-0.4, -0.2) is 23.9 Å². The Morgan fingerprint density at radius 2 is 1.82 bits per heavy atom. The van der Waals surface area contributed by atoms with E-state index in [0.717, 1.165) is 30.4 Å². The van der Waals surface area contributed by atoms with Crippen molar-refractivity contribution in [1.82, 2.24) is 4.90 Å². The summed E-state index contributed by atoms with van der Waals surface area (Å²) in [5.41, 5.74) is 0.681. The molecule has 0 radical (unpaired) electrons. The molecule has 4 heteroatoms. The molecule has 0 atom stereocenters. The Hall–Kier alpha value is -0.540. The Labute approximate surface area is 115 Å². The molecule has 2 nitrogen and oxygen atoms in total. The molecule has 0 unspecified atom stereocenters. The largest absolute Gasteiger partial charge is 0.339 e. The molecule has 2 rings (SSSR count). The first-order chi connectivity index (χ1) is 8.18. The summed E-state index contributed by atoms with van der Waals surface area (Å²) < 4.78 is 0.826. The fourth-order valence-corrected chi connectivity index (χ4v) is 2.51. The van der Waals surface area contributed by atoms with E-state index in [-0.39, 0.29) is 5.91 Å². The highest BCUT2D eigenvalue weighted by molar-refractivity contribution is 9.10. The van der Waals surface area contributed by atoms with Crippen LogP contribution in [0.3, 0.4) is 0 Å². The zero-order valence-electron chi connectivity index (χ0n) is 9.59. The molecule has 0 saturated carbocycles. The van der Waals surface area contributed by atoms with Crippen molar-refractivity contribution in [1.29, 1.82) is 0 Å². The van der Waals surface area contributed by atoms with E-state index in [1.165, 1.54) is 12.8 Å². The van der Waals surface area contributed by atoms with E-state index in [1.807, 2.05) is 17.0 Å².